The van der Waals surface area contributed by atoms with Crippen molar-refractivity contribution in [1.29, 1.82) is 0 Å². The number of alkyl halides is 3. The zero-order valence-corrected chi connectivity index (χ0v) is 16.6. The summed E-state index contributed by atoms with van der Waals surface area (Å²) in [7, 11) is 0. The number of azo groups is 1. The van der Waals surface area contributed by atoms with Crippen LogP contribution in [0.3, 0.4) is 0 Å². The SMILES string of the molecule is CC(C)n1c(O)c(N=NC(=O)Cn2c(C(F)(F)F)nc3ccccc32)c2ccccc21. The minimum Gasteiger partial charge on any atom is -0.493 e. The van der Waals surface area contributed by atoms with Gasteiger partial charge >= 0.3 is 6.18 Å². The lowest BCUT2D eigenvalue weighted by atomic mass is 10.2. The minimum atomic E-state index is -4.74. The summed E-state index contributed by atoms with van der Waals surface area (Å²) in [5.41, 5.74) is 1.08. The smallest absolute Gasteiger partial charge is 0.449 e. The molecule has 0 aliphatic carbocycles. The summed E-state index contributed by atoms with van der Waals surface area (Å²) in [4.78, 5) is 16.0. The molecule has 0 spiro atoms. The molecule has 1 amide bonds. The van der Waals surface area contributed by atoms with E-state index in [1.54, 1.807) is 41.0 Å². The largest absolute Gasteiger partial charge is 0.493 e. The maximum absolute atomic E-state index is 13.4. The van der Waals surface area contributed by atoms with Gasteiger partial charge in [-0.05, 0) is 32.0 Å². The third kappa shape index (κ3) is 3.65. The summed E-state index contributed by atoms with van der Waals surface area (Å²) in [6.45, 7) is 3.06. The first-order valence-electron chi connectivity index (χ1n) is 9.47. The van der Waals surface area contributed by atoms with Crippen molar-refractivity contribution >= 4 is 33.5 Å². The molecule has 0 saturated carbocycles. The van der Waals surface area contributed by atoms with Crippen LogP contribution in [0.4, 0.5) is 18.9 Å². The molecule has 2 aromatic heterocycles. The molecule has 7 nitrogen and oxygen atoms in total. The van der Waals surface area contributed by atoms with Gasteiger partial charge in [-0.1, -0.05) is 30.3 Å². The topological polar surface area (TPSA) is 84.8 Å². The number of aromatic hydroxyl groups is 1. The Kier molecular flexibility index (Phi) is 5.00. The van der Waals surface area contributed by atoms with Crippen molar-refractivity contribution in [3.8, 4) is 5.88 Å². The third-order valence-electron chi connectivity index (χ3n) is 4.84. The van der Waals surface area contributed by atoms with Crippen molar-refractivity contribution in [2.75, 3.05) is 0 Å². The highest BCUT2D eigenvalue weighted by molar-refractivity contribution is 5.95. The van der Waals surface area contributed by atoms with E-state index in [9.17, 15) is 23.1 Å². The molecule has 31 heavy (non-hydrogen) atoms. The molecular weight excluding hydrogens is 411 g/mol. The lowest BCUT2D eigenvalue weighted by Gasteiger charge is -2.10. The zero-order chi connectivity index (χ0) is 22.3. The molecule has 0 unspecified atom stereocenters. The number of halogens is 3. The van der Waals surface area contributed by atoms with Gasteiger partial charge in [-0.25, -0.2) is 4.98 Å². The van der Waals surface area contributed by atoms with E-state index in [1.165, 1.54) is 12.1 Å². The summed E-state index contributed by atoms with van der Waals surface area (Å²) in [6.07, 6.45) is -4.74. The Balaban J connectivity index is 1.71. The van der Waals surface area contributed by atoms with Crippen molar-refractivity contribution in [3.63, 3.8) is 0 Å². The Bertz CT molecular complexity index is 1320. The Morgan fingerprint density at radius 3 is 2.42 bits per heavy atom. The second kappa shape index (κ2) is 7.53. The first kappa shape index (κ1) is 20.6. The van der Waals surface area contributed by atoms with Crippen LogP contribution in [0.5, 0.6) is 5.88 Å². The third-order valence-corrected chi connectivity index (χ3v) is 4.84. The number of benzene rings is 2. The number of fused-ring (bicyclic) bond motifs is 2. The number of carbonyl (C=O) groups excluding carboxylic acids is 1. The fourth-order valence-electron chi connectivity index (χ4n) is 3.58. The number of rotatable bonds is 4. The van der Waals surface area contributed by atoms with Crippen LogP contribution in [0.2, 0.25) is 0 Å². The van der Waals surface area contributed by atoms with Crippen molar-refractivity contribution < 1.29 is 23.1 Å². The van der Waals surface area contributed by atoms with Crippen LogP contribution in [-0.4, -0.2) is 25.1 Å². The van der Waals surface area contributed by atoms with Crippen LogP contribution in [0.1, 0.15) is 25.7 Å². The van der Waals surface area contributed by atoms with Gasteiger partial charge in [-0.15, -0.1) is 10.2 Å². The first-order chi connectivity index (χ1) is 14.7. The van der Waals surface area contributed by atoms with Gasteiger partial charge in [0.1, 0.15) is 6.54 Å². The maximum Gasteiger partial charge on any atom is 0.449 e. The van der Waals surface area contributed by atoms with Crippen LogP contribution >= 0.6 is 0 Å². The van der Waals surface area contributed by atoms with E-state index in [0.717, 1.165) is 4.57 Å². The normalized spacial score (nSPS) is 12.6. The molecule has 160 valence electrons. The van der Waals surface area contributed by atoms with Crippen molar-refractivity contribution in [2.24, 2.45) is 10.2 Å². The highest BCUT2D eigenvalue weighted by Crippen LogP contribution is 2.40. The summed E-state index contributed by atoms with van der Waals surface area (Å²) in [5.74, 6) is -2.26. The van der Waals surface area contributed by atoms with Gasteiger partial charge in [0.2, 0.25) is 11.7 Å². The van der Waals surface area contributed by atoms with Crippen molar-refractivity contribution in [1.82, 2.24) is 14.1 Å². The van der Waals surface area contributed by atoms with E-state index in [4.69, 9.17) is 0 Å². The molecule has 4 aromatic rings. The number of hydrogen-bond acceptors (Lipinski definition) is 4. The van der Waals surface area contributed by atoms with Gasteiger partial charge in [0.15, 0.2) is 5.69 Å². The van der Waals surface area contributed by atoms with E-state index in [0.29, 0.717) is 10.9 Å². The van der Waals surface area contributed by atoms with E-state index in [2.05, 4.69) is 15.2 Å². The fourth-order valence-corrected chi connectivity index (χ4v) is 3.58. The number of imidazole rings is 1. The lowest BCUT2D eigenvalue weighted by molar-refractivity contribution is -0.147. The standard InChI is InChI=1S/C21H18F3N5O2/c1-12(2)29-15-9-5-3-7-13(15)18(19(29)31)27-26-17(30)11-28-16-10-6-4-8-14(16)25-20(28)21(22,23)24/h3-10,12,31H,11H2,1-2H3. The average Bonchev–Trinajstić information content (AvgIpc) is 3.21. The van der Waals surface area contributed by atoms with E-state index < -0.39 is 24.5 Å². The molecule has 2 aromatic carbocycles. The summed E-state index contributed by atoms with van der Waals surface area (Å²) >= 11 is 0. The predicted molar refractivity (Wildman–Crippen MR) is 108 cm³/mol. The van der Waals surface area contributed by atoms with Gasteiger partial charge in [0.05, 0.1) is 16.6 Å². The number of aromatic nitrogens is 3. The molecule has 0 fully saturated rings. The van der Waals surface area contributed by atoms with Crippen LogP contribution in [0, 0.1) is 0 Å². The van der Waals surface area contributed by atoms with E-state index in [-0.39, 0.29) is 28.6 Å². The van der Waals surface area contributed by atoms with Gasteiger partial charge in [0.25, 0.3) is 5.91 Å². The van der Waals surface area contributed by atoms with Crippen LogP contribution < -0.4 is 0 Å². The predicted octanol–water partition coefficient (Wildman–Crippen LogP) is 5.61. The second-order valence-corrected chi connectivity index (χ2v) is 7.25. The highest BCUT2D eigenvalue weighted by atomic mass is 19.4. The monoisotopic (exact) mass is 429 g/mol. The van der Waals surface area contributed by atoms with Crippen LogP contribution in [-0.2, 0) is 17.5 Å². The molecule has 10 heteroatoms. The number of hydrogen-bond donors (Lipinski definition) is 1. The number of amides is 1. The van der Waals surface area contributed by atoms with Crippen LogP contribution in [0.15, 0.2) is 58.8 Å². The molecule has 0 atom stereocenters. The molecular formula is C21H18F3N5O2. The molecule has 0 saturated heterocycles. The van der Waals surface area contributed by atoms with Crippen LogP contribution in [0.25, 0.3) is 21.9 Å². The van der Waals surface area contributed by atoms with Gasteiger partial charge in [0, 0.05) is 11.4 Å². The molecule has 0 aliphatic heterocycles. The Hall–Kier alpha value is -3.69. The van der Waals surface area contributed by atoms with Crippen molar-refractivity contribution in [2.45, 2.75) is 32.6 Å². The first-order valence-corrected chi connectivity index (χ1v) is 9.47. The molecule has 0 bridgehead atoms. The molecule has 0 radical (unpaired) electrons. The molecule has 4 rings (SSSR count). The Labute approximate surface area is 174 Å². The van der Waals surface area contributed by atoms with Crippen molar-refractivity contribution in [3.05, 3.63) is 54.4 Å². The fraction of sp³-hybridized carbons (Fsp3) is 0.238. The number of para-hydroxylation sites is 3. The lowest BCUT2D eigenvalue weighted by Crippen LogP contribution is -2.18. The molecule has 2 heterocycles. The molecule has 1 N–H and O–H groups in total. The number of carbonyl (C=O) groups is 1. The Morgan fingerprint density at radius 2 is 1.74 bits per heavy atom. The second-order valence-electron chi connectivity index (χ2n) is 7.25. The summed E-state index contributed by atoms with van der Waals surface area (Å²) < 4.78 is 42.6. The van der Waals surface area contributed by atoms with E-state index in [1.807, 2.05) is 13.8 Å². The quantitative estimate of drug-likeness (QED) is 0.428. The van der Waals surface area contributed by atoms with Gasteiger partial charge in [-0.3, -0.25) is 4.79 Å². The number of nitrogens with zero attached hydrogens (tertiary/aromatic N) is 5. The minimum absolute atomic E-state index is 0.0868. The average molecular weight is 429 g/mol. The van der Waals surface area contributed by atoms with Gasteiger partial charge < -0.3 is 14.2 Å². The van der Waals surface area contributed by atoms with Gasteiger partial charge in [-0.2, -0.15) is 13.2 Å². The Morgan fingerprint density at radius 1 is 1.10 bits per heavy atom. The summed E-state index contributed by atoms with van der Waals surface area (Å²) in [5, 5.41) is 18.6. The molecule has 0 aliphatic rings. The maximum atomic E-state index is 13.4. The zero-order valence-electron chi connectivity index (χ0n) is 16.6. The highest BCUT2D eigenvalue weighted by Gasteiger charge is 2.38. The summed E-state index contributed by atoms with van der Waals surface area (Å²) in [6, 6.07) is 13.0. The van der Waals surface area contributed by atoms with E-state index >= 15 is 0 Å².